The summed E-state index contributed by atoms with van der Waals surface area (Å²) >= 11 is 1.60. The number of nitrogens with zero attached hydrogens (tertiary/aromatic N) is 1. The van der Waals surface area contributed by atoms with Gasteiger partial charge in [-0.1, -0.05) is 18.2 Å². The summed E-state index contributed by atoms with van der Waals surface area (Å²) in [6.07, 6.45) is 0. The smallest absolute Gasteiger partial charge is 0.124 e. The third kappa shape index (κ3) is 1.83. The Labute approximate surface area is 103 Å². The van der Waals surface area contributed by atoms with Crippen molar-refractivity contribution in [2.75, 3.05) is 0 Å². The zero-order chi connectivity index (χ0) is 11.8. The van der Waals surface area contributed by atoms with Crippen molar-refractivity contribution >= 4 is 21.6 Å². The normalized spacial score (nSPS) is 10.9. The van der Waals surface area contributed by atoms with Gasteiger partial charge in [0.1, 0.15) is 10.8 Å². The first-order valence-electron chi connectivity index (χ1n) is 5.36. The molecule has 0 aliphatic rings. The van der Waals surface area contributed by atoms with Gasteiger partial charge in [-0.05, 0) is 36.8 Å². The van der Waals surface area contributed by atoms with Gasteiger partial charge in [0.15, 0.2) is 0 Å². The van der Waals surface area contributed by atoms with Crippen molar-refractivity contribution in [3.63, 3.8) is 0 Å². The van der Waals surface area contributed by atoms with E-state index >= 15 is 0 Å². The van der Waals surface area contributed by atoms with E-state index < -0.39 is 0 Å². The van der Waals surface area contributed by atoms with Crippen molar-refractivity contribution in [1.82, 2.24) is 4.98 Å². The Balaban J connectivity index is 2.23. The van der Waals surface area contributed by atoms with E-state index in [0.717, 1.165) is 26.4 Å². The minimum atomic E-state index is -0.218. The molecule has 0 spiro atoms. The molecule has 1 nitrogen and oxygen atoms in total. The molecule has 3 aromatic rings. The molecule has 0 unspecified atom stereocenters. The monoisotopic (exact) mass is 243 g/mol. The van der Waals surface area contributed by atoms with E-state index in [1.54, 1.807) is 23.5 Å². The molecule has 1 heterocycles. The molecule has 3 heteroatoms. The summed E-state index contributed by atoms with van der Waals surface area (Å²) in [7, 11) is 0. The Bertz CT molecular complexity index is 655. The lowest BCUT2D eigenvalue weighted by Crippen LogP contribution is -1.84. The van der Waals surface area contributed by atoms with Crippen molar-refractivity contribution in [2.45, 2.75) is 6.92 Å². The van der Waals surface area contributed by atoms with Crippen molar-refractivity contribution in [3.8, 4) is 10.6 Å². The van der Waals surface area contributed by atoms with Crippen LogP contribution < -0.4 is 0 Å². The summed E-state index contributed by atoms with van der Waals surface area (Å²) in [6, 6.07) is 12.8. The number of aryl methyl sites for hydroxylation is 1. The fourth-order valence-electron chi connectivity index (χ4n) is 1.81. The molecule has 0 bridgehead atoms. The highest BCUT2D eigenvalue weighted by Crippen LogP contribution is 2.32. The molecule has 0 atom stereocenters. The standard InChI is InChI=1S/C14H10FNS/c1-9-6-7-10(15)8-11(9)14-16-12-4-2-3-5-13(12)17-14/h2-8H,1H3. The highest BCUT2D eigenvalue weighted by Gasteiger charge is 2.09. The van der Waals surface area contributed by atoms with Gasteiger partial charge in [0, 0.05) is 5.56 Å². The van der Waals surface area contributed by atoms with Gasteiger partial charge in [0.25, 0.3) is 0 Å². The molecular weight excluding hydrogens is 233 g/mol. The first-order valence-corrected chi connectivity index (χ1v) is 6.18. The number of para-hydroxylation sites is 1. The number of halogens is 1. The highest BCUT2D eigenvalue weighted by molar-refractivity contribution is 7.21. The Kier molecular flexibility index (Phi) is 2.41. The van der Waals surface area contributed by atoms with E-state index in [0.29, 0.717) is 0 Å². The van der Waals surface area contributed by atoms with E-state index in [4.69, 9.17) is 0 Å². The van der Waals surface area contributed by atoms with Crippen LogP contribution in [0.15, 0.2) is 42.5 Å². The molecule has 0 aliphatic heterocycles. The molecule has 3 rings (SSSR count). The van der Waals surface area contributed by atoms with Gasteiger partial charge in [-0.25, -0.2) is 9.37 Å². The second kappa shape index (κ2) is 3.93. The number of fused-ring (bicyclic) bond motifs is 1. The SMILES string of the molecule is Cc1ccc(F)cc1-c1nc2ccccc2s1. The van der Waals surface area contributed by atoms with E-state index in [1.807, 2.05) is 31.2 Å². The fraction of sp³-hybridized carbons (Fsp3) is 0.0714. The Morgan fingerprint density at radius 2 is 1.94 bits per heavy atom. The summed E-state index contributed by atoms with van der Waals surface area (Å²) in [5.41, 5.74) is 2.90. The van der Waals surface area contributed by atoms with Gasteiger partial charge in [-0.15, -0.1) is 11.3 Å². The fourth-order valence-corrected chi connectivity index (χ4v) is 2.86. The number of thiazole rings is 1. The van der Waals surface area contributed by atoms with E-state index in [1.165, 1.54) is 6.07 Å². The predicted octanol–water partition coefficient (Wildman–Crippen LogP) is 4.41. The van der Waals surface area contributed by atoms with Gasteiger partial charge in [-0.2, -0.15) is 0 Å². The van der Waals surface area contributed by atoms with Crippen molar-refractivity contribution in [3.05, 3.63) is 53.8 Å². The van der Waals surface area contributed by atoms with Gasteiger partial charge >= 0.3 is 0 Å². The first kappa shape index (κ1) is 10.4. The summed E-state index contributed by atoms with van der Waals surface area (Å²) in [5, 5.41) is 0.878. The minimum absolute atomic E-state index is 0.218. The summed E-state index contributed by atoms with van der Waals surface area (Å²) < 4.78 is 14.4. The lowest BCUT2D eigenvalue weighted by atomic mass is 10.1. The van der Waals surface area contributed by atoms with Crippen LogP contribution in [0, 0.1) is 12.7 Å². The summed E-state index contributed by atoms with van der Waals surface area (Å²) in [6.45, 7) is 1.97. The molecule has 84 valence electrons. The van der Waals surface area contributed by atoms with Gasteiger partial charge < -0.3 is 0 Å². The zero-order valence-electron chi connectivity index (χ0n) is 9.27. The molecule has 0 radical (unpaired) electrons. The Morgan fingerprint density at radius 1 is 1.12 bits per heavy atom. The maximum Gasteiger partial charge on any atom is 0.124 e. The maximum atomic E-state index is 13.3. The second-order valence-electron chi connectivity index (χ2n) is 3.95. The van der Waals surface area contributed by atoms with Crippen LogP contribution >= 0.6 is 11.3 Å². The number of rotatable bonds is 1. The Morgan fingerprint density at radius 3 is 2.76 bits per heavy atom. The van der Waals surface area contributed by atoms with Gasteiger partial charge in [0.05, 0.1) is 10.2 Å². The molecule has 1 aromatic heterocycles. The zero-order valence-corrected chi connectivity index (χ0v) is 10.1. The topological polar surface area (TPSA) is 12.9 Å². The molecular formula is C14H10FNS. The largest absolute Gasteiger partial charge is 0.236 e. The summed E-state index contributed by atoms with van der Waals surface area (Å²) in [5.74, 6) is -0.218. The van der Waals surface area contributed by atoms with Crippen LogP contribution in [0.1, 0.15) is 5.56 Å². The van der Waals surface area contributed by atoms with Crippen LogP contribution in [0.25, 0.3) is 20.8 Å². The first-order chi connectivity index (χ1) is 8.24. The lowest BCUT2D eigenvalue weighted by Gasteiger charge is -2.01. The third-order valence-corrected chi connectivity index (χ3v) is 3.79. The van der Waals surface area contributed by atoms with E-state index in [2.05, 4.69) is 4.98 Å². The van der Waals surface area contributed by atoms with Crippen molar-refractivity contribution < 1.29 is 4.39 Å². The van der Waals surface area contributed by atoms with Crippen LogP contribution in [0.4, 0.5) is 4.39 Å². The van der Waals surface area contributed by atoms with Crippen LogP contribution in [-0.2, 0) is 0 Å². The van der Waals surface area contributed by atoms with E-state index in [9.17, 15) is 4.39 Å². The van der Waals surface area contributed by atoms with Crippen LogP contribution in [0.2, 0.25) is 0 Å². The van der Waals surface area contributed by atoms with Gasteiger partial charge in [0.2, 0.25) is 0 Å². The third-order valence-electron chi connectivity index (χ3n) is 2.72. The quantitative estimate of drug-likeness (QED) is 0.617. The Hall–Kier alpha value is -1.74. The highest BCUT2D eigenvalue weighted by atomic mass is 32.1. The lowest BCUT2D eigenvalue weighted by molar-refractivity contribution is 0.628. The number of aromatic nitrogens is 1. The molecule has 0 aliphatic carbocycles. The molecule has 0 saturated carbocycles. The maximum absolute atomic E-state index is 13.3. The molecule has 0 saturated heterocycles. The second-order valence-corrected chi connectivity index (χ2v) is 4.98. The minimum Gasteiger partial charge on any atom is -0.236 e. The van der Waals surface area contributed by atoms with Crippen LogP contribution in [0.3, 0.4) is 0 Å². The average molecular weight is 243 g/mol. The number of hydrogen-bond donors (Lipinski definition) is 0. The van der Waals surface area contributed by atoms with Crippen LogP contribution in [-0.4, -0.2) is 4.98 Å². The average Bonchev–Trinajstić information content (AvgIpc) is 2.75. The number of hydrogen-bond acceptors (Lipinski definition) is 2. The molecule has 0 N–H and O–H groups in total. The van der Waals surface area contributed by atoms with Crippen LogP contribution in [0.5, 0.6) is 0 Å². The molecule has 0 fully saturated rings. The van der Waals surface area contributed by atoms with Crippen molar-refractivity contribution in [1.29, 1.82) is 0 Å². The van der Waals surface area contributed by atoms with E-state index in [-0.39, 0.29) is 5.82 Å². The number of benzene rings is 2. The molecule has 0 amide bonds. The molecule has 17 heavy (non-hydrogen) atoms. The van der Waals surface area contributed by atoms with Gasteiger partial charge in [-0.3, -0.25) is 0 Å². The predicted molar refractivity (Wildman–Crippen MR) is 69.8 cm³/mol. The summed E-state index contributed by atoms with van der Waals surface area (Å²) in [4.78, 5) is 4.54. The molecule has 2 aromatic carbocycles. The van der Waals surface area contributed by atoms with Crippen molar-refractivity contribution in [2.24, 2.45) is 0 Å².